The molecule has 0 aliphatic carbocycles. The molecule has 52 valence electrons. The quantitative estimate of drug-likeness (QED) is 0.416. The van der Waals surface area contributed by atoms with Gasteiger partial charge in [-0.3, -0.25) is 5.41 Å². The van der Waals surface area contributed by atoms with Gasteiger partial charge in [0, 0.05) is 11.9 Å². The van der Waals surface area contributed by atoms with Crippen LogP contribution in [0.1, 0.15) is 6.42 Å². The Hall–Kier alpha value is -0.220. The van der Waals surface area contributed by atoms with Crippen LogP contribution in [0.5, 0.6) is 0 Å². The first kappa shape index (κ1) is 6.89. The van der Waals surface area contributed by atoms with E-state index in [-0.39, 0.29) is 5.17 Å². The van der Waals surface area contributed by atoms with Gasteiger partial charge in [-0.15, -0.1) is 0 Å². The summed E-state index contributed by atoms with van der Waals surface area (Å²) in [5, 5.41) is 7.58. The molecule has 4 heteroatoms. The molecule has 1 saturated heterocycles. The van der Waals surface area contributed by atoms with Crippen molar-refractivity contribution in [2.45, 2.75) is 11.7 Å². The zero-order valence-corrected chi connectivity index (χ0v) is 5.91. The molecule has 1 fully saturated rings. The fourth-order valence-electron chi connectivity index (χ4n) is 0.785. The van der Waals surface area contributed by atoms with Crippen LogP contribution in [0.4, 0.5) is 0 Å². The highest BCUT2D eigenvalue weighted by atomic mass is 32.2. The zero-order chi connectivity index (χ0) is 6.69. The molecule has 0 spiro atoms. The van der Waals surface area contributed by atoms with Crippen LogP contribution in [-0.2, 0) is 4.74 Å². The third-order valence-electron chi connectivity index (χ3n) is 1.18. The van der Waals surface area contributed by atoms with E-state index in [0.29, 0.717) is 5.25 Å². The van der Waals surface area contributed by atoms with E-state index in [1.54, 1.807) is 0 Å². The molecule has 0 aromatic rings. The molecule has 1 atom stereocenters. The third kappa shape index (κ3) is 2.24. The lowest BCUT2D eigenvalue weighted by molar-refractivity contribution is 0.199. The second-order valence-electron chi connectivity index (χ2n) is 1.97. The van der Waals surface area contributed by atoms with E-state index in [9.17, 15) is 0 Å². The molecular formula is C5H10N2OS. The number of amidine groups is 1. The molecule has 0 bridgehead atoms. The van der Waals surface area contributed by atoms with Gasteiger partial charge in [-0.2, -0.15) is 0 Å². The normalized spacial score (nSPS) is 26.4. The maximum Gasteiger partial charge on any atom is 0.151 e. The summed E-state index contributed by atoms with van der Waals surface area (Å²) < 4.78 is 5.08. The van der Waals surface area contributed by atoms with Crippen molar-refractivity contribution in [1.82, 2.24) is 0 Å². The molecule has 0 radical (unpaired) electrons. The molecule has 9 heavy (non-hydrogen) atoms. The average Bonchev–Trinajstić information content (AvgIpc) is 2.15. The van der Waals surface area contributed by atoms with Crippen molar-refractivity contribution in [2.75, 3.05) is 13.2 Å². The predicted octanol–water partition coefficient (Wildman–Crippen LogP) is 0.402. The summed E-state index contributed by atoms with van der Waals surface area (Å²) in [7, 11) is 0. The number of nitrogens with one attached hydrogen (secondary N) is 1. The molecule has 0 aromatic carbocycles. The topological polar surface area (TPSA) is 59.1 Å². The number of nitrogens with two attached hydrogens (primary N) is 1. The van der Waals surface area contributed by atoms with Gasteiger partial charge in [0.05, 0.1) is 6.61 Å². The third-order valence-corrected chi connectivity index (χ3v) is 2.14. The summed E-state index contributed by atoms with van der Waals surface area (Å²) in [5.74, 6) is 0. The van der Waals surface area contributed by atoms with Gasteiger partial charge in [0.2, 0.25) is 0 Å². The van der Waals surface area contributed by atoms with E-state index in [0.717, 1.165) is 19.6 Å². The summed E-state index contributed by atoms with van der Waals surface area (Å²) >= 11 is 1.40. The van der Waals surface area contributed by atoms with Gasteiger partial charge in [0.25, 0.3) is 0 Å². The fraction of sp³-hybridized carbons (Fsp3) is 0.800. The largest absolute Gasteiger partial charge is 0.380 e. The Kier molecular flexibility index (Phi) is 2.36. The number of ether oxygens (including phenoxy) is 1. The molecule has 1 unspecified atom stereocenters. The van der Waals surface area contributed by atoms with E-state index in [1.165, 1.54) is 11.8 Å². The van der Waals surface area contributed by atoms with Crippen LogP contribution < -0.4 is 5.73 Å². The highest BCUT2D eigenvalue weighted by Gasteiger charge is 2.16. The lowest BCUT2D eigenvalue weighted by Crippen LogP contribution is -2.11. The van der Waals surface area contributed by atoms with Crippen molar-refractivity contribution in [3.8, 4) is 0 Å². The first-order chi connectivity index (χ1) is 4.29. The van der Waals surface area contributed by atoms with Crippen LogP contribution in [-0.4, -0.2) is 23.6 Å². The fourth-order valence-corrected chi connectivity index (χ4v) is 1.52. The minimum Gasteiger partial charge on any atom is -0.380 e. The molecule has 0 saturated carbocycles. The first-order valence-corrected chi connectivity index (χ1v) is 3.75. The Balaban J connectivity index is 2.19. The minimum atomic E-state index is 0.200. The lowest BCUT2D eigenvalue weighted by atomic mass is 10.4. The molecule has 3 nitrogen and oxygen atoms in total. The molecule has 3 N–H and O–H groups in total. The summed E-state index contributed by atoms with van der Waals surface area (Å²) in [6.45, 7) is 1.58. The molecule has 1 aliphatic rings. The van der Waals surface area contributed by atoms with Gasteiger partial charge in [0.15, 0.2) is 5.17 Å². The van der Waals surface area contributed by atoms with Crippen LogP contribution >= 0.6 is 11.8 Å². The SMILES string of the molecule is N=C(N)SC1CCOC1. The summed E-state index contributed by atoms with van der Waals surface area (Å²) in [6, 6.07) is 0. The van der Waals surface area contributed by atoms with Crippen LogP contribution in [0.15, 0.2) is 0 Å². The Morgan fingerprint density at radius 3 is 3.00 bits per heavy atom. The monoisotopic (exact) mass is 146 g/mol. The Morgan fingerprint density at radius 2 is 2.56 bits per heavy atom. The summed E-state index contributed by atoms with van der Waals surface area (Å²) in [6.07, 6.45) is 1.03. The van der Waals surface area contributed by atoms with Gasteiger partial charge in [-0.1, -0.05) is 11.8 Å². The predicted molar refractivity (Wildman–Crippen MR) is 38.7 cm³/mol. The Bertz CT molecular complexity index is 112. The second-order valence-corrected chi connectivity index (χ2v) is 3.31. The van der Waals surface area contributed by atoms with E-state index in [4.69, 9.17) is 15.9 Å². The summed E-state index contributed by atoms with van der Waals surface area (Å²) in [4.78, 5) is 0. The van der Waals surface area contributed by atoms with Gasteiger partial charge in [0.1, 0.15) is 0 Å². The zero-order valence-electron chi connectivity index (χ0n) is 5.09. The molecule has 0 aromatic heterocycles. The van der Waals surface area contributed by atoms with Crippen LogP contribution in [0.3, 0.4) is 0 Å². The molecule has 1 heterocycles. The second kappa shape index (κ2) is 3.08. The molecule has 1 aliphatic heterocycles. The Morgan fingerprint density at radius 1 is 1.78 bits per heavy atom. The molecule has 0 amide bonds. The highest BCUT2D eigenvalue weighted by Crippen LogP contribution is 2.18. The molecule has 1 rings (SSSR count). The van der Waals surface area contributed by atoms with Crippen molar-refractivity contribution in [3.05, 3.63) is 0 Å². The van der Waals surface area contributed by atoms with E-state index in [2.05, 4.69) is 0 Å². The van der Waals surface area contributed by atoms with E-state index >= 15 is 0 Å². The maximum atomic E-state index is 6.94. The average molecular weight is 146 g/mol. The minimum absolute atomic E-state index is 0.200. The Labute approximate surface area is 58.5 Å². The van der Waals surface area contributed by atoms with E-state index in [1.807, 2.05) is 0 Å². The van der Waals surface area contributed by atoms with Crippen molar-refractivity contribution >= 4 is 16.9 Å². The first-order valence-electron chi connectivity index (χ1n) is 2.87. The number of rotatable bonds is 1. The van der Waals surface area contributed by atoms with Gasteiger partial charge in [-0.05, 0) is 6.42 Å². The maximum absolute atomic E-state index is 6.94. The van der Waals surface area contributed by atoms with Crippen molar-refractivity contribution < 1.29 is 4.74 Å². The summed E-state index contributed by atoms with van der Waals surface area (Å²) in [5.41, 5.74) is 5.16. The van der Waals surface area contributed by atoms with Crippen molar-refractivity contribution in [2.24, 2.45) is 5.73 Å². The van der Waals surface area contributed by atoms with Gasteiger partial charge < -0.3 is 10.5 Å². The van der Waals surface area contributed by atoms with Crippen LogP contribution in [0, 0.1) is 5.41 Å². The van der Waals surface area contributed by atoms with Gasteiger partial charge >= 0.3 is 0 Å². The van der Waals surface area contributed by atoms with Crippen molar-refractivity contribution in [1.29, 1.82) is 5.41 Å². The number of thioether (sulfide) groups is 1. The smallest absolute Gasteiger partial charge is 0.151 e. The van der Waals surface area contributed by atoms with Crippen molar-refractivity contribution in [3.63, 3.8) is 0 Å². The standard InChI is InChI=1S/C5H10N2OS/c6-5(7)9-4-1-2-8-3-4/h4H,1-3H2,(H3,6,7). The van der Waals surface area contributed by atoms with Gasteiger partial charge in [-0.25, -0.2) is 0 Å². The number of hydrogen-bond acceptors (Lipinski definition) is 3. The van der Waals surface area contributed by atoms with Crippen LogP contribution in [0.25, 0.3) is 0 Å². The van der Waals surface area contributed by atoms with Crippen LogP contribution in [0.2, 0.25) is 0 Å². The number of hydrogen-bond donors (Lipinski definition) is 2. The lowest BCUT2D eigenvalue weighted by Gasteiger charge is -2.02. The molecular weight excluding hydrogens is 136 g/mol. The highest BCUT2D eigenvalue weighted by molar-refractivity contribution is 8.14. The van der Waals surface area contributed by atoms with E-state index < -0.39 is 0 Å².